The maximum absolute atomic E-state index is 12.8. The number of hydrazone groups is 1. The Morgan fingerprint density at radius 3 is 2.22 bits per heavy atom. The minimum atomic E-state index is -0.573. The Labute approximate surface area is 186 Å². The van der Waals surface area contributed by atoms with Gasteiger partial charge in [-0.2, -0.15) is 5.10 Å². The van der Waals surface area contributed by atoms with Gasteiger partial charge in [-0.25, -0.2) is 5.43 Å². The van der Waals surface area contributed by atoms with Crippen LogP contribution in [0.4, 0.5) is 0 Å². The van der Waals surface area contributed by atoms with Crippen molar-refractivity contribution in [3.8, 4) is 11.5 Å². The van der Waals surface area contributed by atoms with Crippen LogP contribution in [-0.2, 0) is 4.79 Å². The van der Waals surface area contributed by atoms with Crippen LogP contribution in [0, 0.1) is 0 Å². The van der Waals surface area contributed by atoms with Crippen molar-refractivity contribution in [1.82, 2.24) is 10.7 Å². The molecule has 3 aromatic carbocycles. The Balaban J connectivity index is 1.81. The molecule has 0 aliphatic rings. The van der Waals surface area contributed by atoms with Crippen molar-refractivity contribution in [2.45, 2.75) is 0 Å². The number of para-hydroxylation sites is 1. The molecule has 0 aliphatic heterocycles. The zero-order valence-corrected chi connectivity index (χ0v) is 17.7. The van der Waals surface area contributed by atoms with Crippen LogP contribution in [0.3, 0.4) is 0 Å². The van der Waals surface area contributed by atoms with Gasteiger partial charge in [0, 0.05) is 11.1 Å². The minimum absolute atomic E-state index is 0.0428. The average molecular weight is 429 g/mol. The number of carbonyl (C=O) groups is 2. The lowest BCUT2D eigenvalue weighted by molar-refractivity contribution is -0.117. The van der Waals surface area contributed by atoms with Crippen molar-refractivity contribution in [1.29, 1.82) is 0 Å². The molecule has 0 aromatic heterocycles. The number of nitrogens with zero attached hydrogens (tertiary/aromatic N) is 1. The van der Waals surface area contributed by atoms with Gasteiger partial charge in [-0.15, -0.1) is 0 Å². The van der Waals surface area contributed by atoms with Gasteiger partial charge in [0.1, 0.15) is 17.2 Å². The molecule has 0 spiro atoms. The molecule has 0 saturated carbocycles. The van der Waals surface area contributed by atoms with Gasteiger partial charge in [-0.1, -0.05) is 42.5 Å². The molecule has 3 rings (SSSR count). The van der Waals surface area contributed by atoms with Crippen molar-refractivity contribution >= 4 is 24.1 Å². The van der Waals surface area contributed by atoms with Crippen LogP contribution in [-0.4, -0.2) is 32.2 Å². The summed E-state index contributed by atoms with van der Waals surface area (Å²) in [6, 6.07) is 23.0. The molecular weight excluding hydrogens is 406 g/mol. The zero-order valence-electron chi connectivity index (χ0n) is 17.7. The molecule has 0 radical (unpaired) electrons. The summed E-state index contributed by atoms with van der Waals surface area (Å²) in [7, 11) is 3.13. The largest absolute Gasteiger partial charge is 0.497 e. The van der Waals surface area contributed by atoms with Crippen molar-refractivity contribution in [2.75, 3.05) is 14.2 Å². The number of ether oxygens (including phenoxy) is 2. The Hall–Kier alpha value is -4.39. The Bertz CT molecular complexity index is 1120. The van der Waals surface area contributed by atoms with Crippen LogP contribution in [0.1, 0.15) is 21.5 Å². The minimum Gasteiger partial charge on any atom is -0.497 e. The highest BCUT2D eigenvalue weighted by Crippen LogP contribution is 2.15. The molecule has 0 fully saturated rings. The molecule has 32 heavy (non-hydrogen) atoms. The predicted molar refractivity (Wildman–Crippen MR) is 124 cm³/mol. The number of carbonyl (C=O) groups excluding carboxylic acids is 2. The molecule has 0 atom stereocenters. The van der Waals surface area contributed by atoms with E-state index in [9.17, 15) is 9.59 Å². The van der Waals surface area contributed by atoms with Crippen molar-refractivity contribution in [3.63, 3.8) is 0 Å². The van der Waals surface area contributed by atoms with E-state index in [1.807, 2.05) is 18.2 Å². The third-order valence-electron chi connectivity index (χ3n) is 4.46. The Morgan fingerprint density at radius 2 is 1.53 bits per heavy atom. The van der Waals surface area contributed by atoms with Crippen molar-refractivity contribution in [2.24, 2.45) is 5.10 Å². The van der Waals surface area contributed by atoms with Gasteiger partial charge >= 0.3 is 0 Å². The van der Waals surface area contributed by atoms with Crippen LogP contribution < -0.4 is 20.2 Å². The summed E-state index contributed by atoms with van der Waals surface area (Å²) in [5.74, 6) is 0.324. The average Bonchev–Trinajstić information content (AvgIpc) is 2.84. The van der Waals surface area contributed by atoms with Gasteiger partial charge in [-0.05, 0) is 48.0 Å². The molecule has 0 bridgehead atoms. The van der Waals surface area contributed by atoms with Gasteiger partial charge in [0.2, 0.25) is 0 Å². The van der Waals surface area contributed by atoms with E-state index >= 15 is 0 Å². The van der Waals surface area contributed by atoms with Crippen LogP contribution in [0.5, 0.6) is 11.5 Å². The zero-order chi connectivity index (χ0) is 22.8. The van der Waals surface area contributed by atoms with Crippen LogP contribution in [0.15, 0.2) is 89.7 Å². The molecule has 2 N–H and O–H groups in total. The van der Waals surface area contributed by atoms with Gasteiger partial charge in [0.15, 0.2) is 0 Å². The Kier molecular flexibility index (Phi) is 7.75. The number of amides is 2. The summed E-state index contributed by atoms with van der Waals surface area (Å²) in [6.45, 7) is 0. The summed E-state index contributed by atoms with van der Waals surface area (Å²) < 4.78 is 10.4. The van der Waals surface area contributed by atoms with Gasteiger partial charge in [0.05, 0.1) is 20.4 Å². The van der Waals surface area contributed by atoms with Crippen LogP contribution in [0.25, 0.3) is 6.08 Å². The van der Waals surface area contributed by atoms with Crippen LogP contribution in [0.2, 0.25) is 0 Å². The Morgan fingerprint density at radius 1 is 0.844 bits per heavy atom. The summed E-state index contributed by atoms with van der Waals surface area (Å²) in [5, 5.41) is 6.67. The van der Waals surface area contributed by atoms with E-state index in [0.29, 0.717) is 28.2 Å². The molecule has 0 aliphatic carbocycles. The fraction of sp³-hybridized carbons (Fsp3) is 0.0800. The van der Waals surface area contributed by atoms with E-state index in [2.05, 4.69) is 15.8 Å². The summed E-state index contributed by atoms with van der Waals surface area (Å²) >= 11 is 0. The molecule has 162 valence electrons. The first-order valence-electron chi connectivity index (χ1n) is 9.79. The predicted octanol–water partition coefficient (Wildman–Crippen LogP) is 3.63. The number of nitrogens with one attached hydrogen (secondary N) is 2. The quantitative estimate of drug-likeness (QED) is 0.325. The van der Waals surface area contributed by atoms with E-state index in [1.54, 1.807) is 81.0 Å². The second-order valence-corrected chi connectivity index (χ2v) is 6.59. The highest BCUT2D eigenvalue weighted by Gasteiger charge is 2.14. The molecule has 0 heterocycles. The standard InChI is InChI=1S/C25H23N3O4/c1-31-21-14-12-18(13-15-21)16-22(27-24(29)19-8-4-3-5-9-19)25(30)28-26-17-20-10-6-7-11-23(20)32-2/h3-17H,1-2H3,(H,27,29)(H,28,30)/b22-16+,26-17-. The number of methoxy groups -OCH3 is 2. The lowest BCUT2D eigenvalue weighted by Crippen LogP contribution is -2.32. The first kappa shape index (κ1) is 22.3. The smallest absolute Gasteiger partial charge is 0.287 e. The van der Waals surface area contributed by atoms with E-state index in [1.165, 1.54) is 6.21 Å². The van der Waals surface area contributed by atoms with Crippen molar-refractivity contribution < 1.29 is 19.1 Å². The van der Waals surface area contributed by atoms with E-state index in [0.717, 1.165) is 0 Å². The highest BCUT2D eigenvalue weighted by molar-refractivity contribution is 6.05. The number of benzene rings is 3. The van der Waals surface area contributed by atoms with E-state index in [4.69, 9.17) is 9.47 Å². The molecule has 0 saturated heterocycles. The fourth-order valence-electron chi connectivity index (χ4n) is 2.80. The second-order valence-electron chi connectivity index (χ2n) is 6.59. The molecule has 7 nitrogen and oxygen atoms in total. The number of hydrogen-bond acceptors (Lipinski definition) is 5. The first-order chi connectivity index (χ1) is 15.6. The summed E-state index contributed by atoms with van der Waals surface area (Å²) in [6.07, 6.45) is 3.04. The maximum Gasteiger partial charge on any atom is 0.287 e. The number of rotatable bonds is 8. The highest BCUT2D eigenvalue weighted by atomic mass is 16.5. The summed E-state index contributed by atoms with van der Waals surface area (Å²) in [4.78, 5) is 25.4. The molecular formula is C25H23N3O4. The monoisotopic (exact) mass is 429 g/mol. The third-order valence-corrected chi connectivity index (χ3v) is 4.46. The number of hydrogen-bond donors (Lipinski definition) is 2. The second kappa shape index (κ2) is 11.1. The first-order valence-corrected chi connectivity index (χ1v) is 9.79. The SMILES string of the molecule is COc1ccc(/C=C(/NC(=O)c2ccccc2)C(=O)N/N=C\c2ccccc2OC)cc1. The third kappa shape index (κ3) is 6.06. The lowest BCUT2D eigenvalue weighted by atomic mass is 10.1. The van der Waals surface area contributed by atoms with Gasteiger partial charge < -0.3 is 14.8 Å². The molecule has 0 unspecified atom stereocenters. The van der Waals surface area contributed by atoms with E-state index in [-0.39, 0.29) is 5.70 Å². The fourth-order valence-corrected chi connectivity index (χ4v) is 2.80. The van der Waals surface area contributed by atoms with E-state index < -0.39 is 11.8 Å². The lowest BCUT2D eigenvalue weighted by Gasteiger charge is -2.10. The van der Waals surface area contributed by atoms with Crippen LogP contribution >= 0.6 is 0 Å². The normalized spacial score (nSPS) is 11.1. The molecule has 7 heteroatoms. The van der Waals surface area contributed by atoms with Crippen molar-refractivity contribution in [3.05, 3.63) is 101 Å². The summed E-state index contributed by atoms with van der Waals surface area (Å²) in [5.41, 5.74) is 4.33. The molecule has 3 aromatic rings. The molecule has 2 amide bonds. The van der Waals surface area contributed by atoms with Gasteiger partial charge in [-0.3, -0.25) is 9.59 Å². The topological polar surface area (TPSA) is 89.0 Å². The van der Waals surface area contributed by atoms with Gasteiger partial charge in [0.25, 0.3) is 11.8 Å². The maximum atomic E-state index is 12.8.